The molecule has 1 aromatic carbocycles. The van der Waals surface area contributed by atoms with Crippen molar-refractivity contribution in [3.63, 3.8) is 0 Å². The van der Waals surface area contributed by atoms with E-state index in [1.807, 2.05) is 30.8 Å². The van der Waals surface area contributed by atoms with Gasteiger partial charge in [0, 0.05) is 23.2 Å². The van der Waals surface area contributed by atoms with Crippen LogP contribution in [0.1, 0.15) is 5.69 Å². The summed E-state index contributed by atoms with van der Waals surface area (Å²) < 4.78 is 3.05. The van der Waals surface area contributed by atoms with Crippen LogP contribution in [-0.2, 0) is 6.54 Å². The van der Waals surface area contributed by atoms with E-state index >= 15 is 0 Å². The molecular formula is C15H17N3OS. The summed E-state index contributed by atoms with van der Waals surface area (Å²) in [7, 11) is 4.03. The molecule has 0 N–H and O–H groups in total. The number of rotatable bonds is 3. The van der Waals surface area contributed by atoms with Crippen LogP contribution in [-0.4, -0.2) is 35.1 Å². The van der Waals surface area contributed by atoms with E-state index in [-0.39, 0.29) is 5.56 Å². The van der Waals surface area contributed by atoms with Gasteiger partial charge in [0.25, 0.3) is 5.56 Å². The molecule has 3 rings (SSSR count). The lowest BCUT2D eigenvalue weighted by Crippen LogP contribution is -2.28. The average molecular weight is 287 g/mol. The first-order valence-corrected chi connectivity index (χ1v) is 7.43. The zero-order valence-corrected chi connectivity index (χ0v) is 12.7. The van der Waals surface area contributed by atoms with E-state index in [4.69, 9.17) is 0 Å². The number of aromatic nitrogens is 2. The highest BCUT2D eigenvalue weighted by Gasteiger charge is 2.13. The van der Waals surface area contributed by atoms with E-state index in [1.165, 1.54) is 4.70 Å². The van der Waals surface area contributed by atoms with Crippen LogP contribution in [0.5, 0.6) is 0 Å². The van der Waals surface area contributed by atoms with Crippen molar-refractivity contribution in [2.45, 2.75) is 13.5 Å². The highest BCUT2D eigenvalue weighted by Crippen LogP contribution is 2.31. The van der Waals surface area contributed by atoms with Gasteiger partial charge in [0.05, 0.1) is 5.52 Å². The highest BCUT2D eigenvalue weighted by molar-refractivity contribution is 7.25. The number of nitrogens with zero attached hydrogens (tertiary/aromatic N) is 3. The number of fused-ring (bicyclic) bond motifs is 3. The lowest BCUT2D eigenvalue weighted by Gasteiger charge is -2.13. The first-order valence-electron chi connectivity index (χ1n) is 6.61. The van der Waals surface area contributed by atoms with Crippen LogP contribution >= 0.6 is 11.3 Å². The summed E-state index contributed by atoms with van der Waals surface area (Å²) in [5.41, 5.74) is 1.56. The molecule has 20 heavy (non-hydrogen) atoms. The Morgan fingerprint density at radius 1 is 1.30 bits per heavy atom. The van der Waals surface area contributed by atoms with Gasteiger partial charge in [0.2, 0.25) is 0 Å². The number of aryl methyl sites for hydroxylation is 1. The minimum atomic E-state index is 0.0166. The molecule has 0 radical (unpaired) electrons. The van der Waals surface area contributed by atoms with Crippen LogP contribution in [0, 0.1) is 6.92 Å². The van der Waals surface area contributed by atoms with Crippen LogP contribution in [0.2, 0.25) is 0 Å². The molecule has 0 bridgehead atoms. The monoisotopic (exact) mass is 287 g/mol. The Labute approximate surface area is 121 Å². The summed E-state index contributed by atoms with van der Waals surface area (Å²) in [6, 6.07) is 8.18. The van der Waals surface area contributed by atoms with Gasteiger partial charge >= 0.3 is 0 Å². The Kier molecular flexibility index (Phi) is 3.31. The third-order valence-electron chi connectivity index (χ3n) is 3.42. The average Bonchev–Trinajstić information content (AvgIpc) is 2.77. The summed E-state index contributed by atoms with van der Waals surface area (Å²) >= 11 is 1.65. The summed E-state index contributed by atoms with van der Waals surface area (Å²) in [6.07, 6.45) is 0. The minimum Gasteiger partial charge on any atom is -0.308 e. The van der Waals surface area contributed by atoms with Crippen LogP contribution in [0.15, 0.2) is 29.1 Å². The molecule has 2 aromatic heterocycles. The third kappa shape index (κ3) is 2.13. The van der Waals surface area contributed by atoms with E-state index in [2.05, 4.69) is 22.0 Å². The van der Waals surface area contributed by atoms with Gasteiger partial charge in [-0.2, -0.15) is 0 Å². The second-order valence-corrected chi connectivity index (χ2v) is 6.24. The van der Waals surface area contributed by atoms with E-state index in [9.17, 15) is 4.79 Å². The standard InChI is InChI=1S/C15H17N3OS/c1-10-15(19)18(9-8-17(2)3)13-11-6-4-5-7-12(11)20-14(13)16-10/h4-7H,8-9H2,1-3H3. The summed E-state index contributed by atoms with van der Waals surface area (Å²) in [5.74, 6) is 0. The Hall–Kier alpha value is -1.72. The SMILES string of the molecule is Cc1nc2sc3ccccc3c2n(CCN(C)C)c1=O. The van der Waals surface area contributed by atoms with Gasteiger partial charge in [-0.15, -0.1) is 11.3 Å². The normalized spacial score (nSPS) is 11.8. The molecular weight excluding hydrogens is 270 g/mol. The number of benzene rings is 1. The minimum absolute atomic E-state index is 0.0166. The molecule has 0 fully saturated rings. The molecule has 0 saturated carbocycles. The molecule has 3 aromatic rings. The quantitative estimate of drug-likeness (QED) is 0.743. The first kappa shape index (κ1) is 13.3. The molecule has 0 amide bonds. The fraction of sp³-hybridized carbons (Fsp3) is 0.333. The summed E-state index contributed by atoms with van der Waals surface area (Å²) in [4.78, 5) is 19.9. The maximum atomic E-state index is 12.4. The van der Waals surface area contributed by atoms with E-state index < -0.39 is 0 Å². The van der Waals surface area contributed by atoms with Crippen LogP contribution in [0.25, 0.3) is 20.4 Å². The van der Waals surface area contributed by atoms with E-state index in [0.29, 0.717) is 12.2 Å². The lowest BCUT2D eigenvalue weighted by atomic mass is 10.2. The van der Waals surface area contributed by atoms with E-state index in [1.54, 1.807) is 18.3 Å². The molecule has 0 aliphatic heterocycles. The van der Waals surface area contributed by atoms with Crippen molar-refractivity contribution in [2.75, 3.05) is 20.6 Å². The van der Waals surface area contributed by atoms with Crippen molar-refractivity contribution >= 4 is 31.8 Å². The van der Waals surface area contributed by atoms with E-state index in [0.717, 1.165) is 22.3 Å². The fourth-order valence-electron chi connectivity index (χ4n) is 2.37. The van der Waals surface area contributed by atoms with Gasteiger partial charge in [-0.3, -0.25) is 4.79 Å². The number of hydrogen-bond acceptors (Lipinski definition) is 4. The number of hydrogen-bond donors (Lipinski definition) is 0. The zero-order valence-electron chi connectivity index (χ0n) is 11.9. The molecule has 0 unspecified atom stereocenters. The summed E-state index contributed by atoms with van der Waals surface area (Å²) in [5, 5.41) is 1.12. The van der Waals surface area contributed by atoms with Crippen molar-refractivity contribution in [3.8, 4) is 0 Å². The van der Waals surface area contributed by atoms with Gasteiger partial charge in [0.1, 0.15) is 10.5 Å². The topological polar surface area (TPSA) is 38.1 Å². The molecule has 0 spiro atoms. The van der Waals surface area contributed by atoms with Gasteiger partial charge in [-0.1, -0.05) is 18.2 Å². The molecule has 0 saturated heterocycles. The van der Waals surface area contributed by atoms with Crippen LogP contribution in [0.4, 0.5) is 0 Å². The van der Waals surface area contributed by atoms with Gasteiger partial charge in [-0.05, 0) is 27.1 Å². The predicted octanol–water partition coefficient (Wildman–Crippen LogP) is 2.48. The molecule has 5 heteroatoms. The highest BCUT2D eigenvalue weighted by atomic mass is 32.1. The molecule has 4 nitrogen and oxygen atoms in total. The fourth-order valence-corrected chi connectivity index (χ4v) is 3.49. The molecule has 0 aliphatic carbocycles. The number of thiophene rings is 1. The van der Waals surface area contributed by atoms with Crippen LogP contribution in [0.3, 0.4) is 0 Å². The van der Waals surface area contributed by atoms with Gasteiger partial charge < -0.3 is 9.47 Å². The molecule has 2 heterocycles. The molecule has 0 atom stereocenters. The predicted molar refractivity (Wildman–Crippen MR) is 84.7 cm³/mol. The lowest BCUT2D eigenvalue weighted by molar-refractivity contribution is 0.384. The Balaban J connectivity index is 2.33. The van der Waals surface area contributed by atoms with Gasteiger partial charge in [0.15, 0.2) is 0 Å². The number of likely N-dealkylation sites (N-methyl/N-ethyl adjacent to an activating group) is 1. The molecule has 104 valence electrons. The Morgan fingerprint density at radius 2 is 2.05 bits per heavy atom. The third-order valence-corrected chi connectivity index (χ3v) is 4.47. The molecule has 0 aliphatic rings. The largest absolute Gasteiger partial charge is 0.308 e. The Morgan fingerprint density at radius 3 is 2.80 bits per heavy atom. The Bertz CT molecular complexity index is 832. The maximum absolute atomic E-state index is 12.4. The maximum Gasteiger partial charge on any atom is 0.272 e. The van der Waals surface area contributed by atoms with Crippen molar-refractivity contribution in [3.05, 3.63) is 40.3 Å². The zero-order chi connectivity index (χ0) is 14.3. The smallest absolute Gasteiger partial charge is 0.272 e. The van der Waals surface area contributed by atoms with Crippen molar-refractivity contribution < 1.29 is 0 Å². The summed E-state index contributed by atoms with van der Waals surface area (Å²) in [6.45, 7) is 3.31. The second kappa shape index (κ2) is 5.00. The second-order valence-electron chi connectivity index (χ2n) is 5.21. The van der Waals surface area contributed by atoms with Crippen molar-refractivity contribution in [2.24, 2.45) is 0 Å². The van der Waals surface area contributed by atoms with Crippen molar-refractivity contribution in [1.29, 1.82) is 0 Å². The first-order chi connectivity index (χ1) is 9.58. The van der Waals surface area contributed by atoms with Crippen LogP contribution < -0.4 is 5.56 Å². The van der Waals surface area contributed by atoms with Crippen molar-refractivity contribution in [1.82, 2.24) is 14.5 Å². The van der Waals surface area contributed by atoms with Gasteiger partial charge in [-0.25, -0.2) is 4.98 Å².